The standard InChI is InChI=1S/C14H25FN2O2/c1-9(2)8-11-14(19)17(7-5-6-15)12(10(3)4)13(18)16-11/h9-12H,5-8H2,1-4H3,(H,16,18). The lowest BCUT2D eigenvalue weighted by Gasteiger charge is -2.41. The second-order valence-corrected chi connectivity index (χ2v) is 5.95. The van der Waals surface area contributed by atoms with Gasteiger partial charge in [0.15, 0.2) is 0 Å². The maximum absolute atomic E-state index is 12.4. The highest BCUT2D eigenvalue weighted by atomic mass is 19.1. The first-order valence-electron chi connectivity index (χ1n) is 7.05. The second-order valence-electron chi connectivity index (χ2n) is 5.95. The van der Waals surface area contributed by atoms with E-state index >= 15 is 0 Å². The Balaban J connectivity index is 2.88. The van der Waals surface area contributed by atoms with Gasteiger partial charge in [0, 0.05) is 6.54 Å². The van der Waals surface area contributed by atoms with E-state index < -0.39 is 18.8 Å². The van der Waals surface area contributed by atoms with Crippen molar-refractivity contribution in [1.82, 2.24) is 10.2 Å². The molecule has 1 aliphatic heterocycles. The van der Waals surface area contributed by atoms with Gasteiger partial charge in [-0.25, -0.2) is 0 Å². The van der Waals surface area contributed by atoms with Crippen molar-refractivity contribution in [2.24, 2.45) is 11.8 Å². The van der Waals surface area contributed by atoms with E-state index in [2.05, 4.69) is 5.32 Å². The predicted octanol–water partition coefficient (Wildman–Crippen LogP) is 1.74. The third kappa shape index (κ3) is 3.91. The molecule has 2 atom stereocenters. The van der Waals surface area contributed by atoms with Crippen LogP contribution in [-0.2, 0) is 9.59 Å². The lowest BCUT2D eigenvalue weighted by Crippen LogP contribution is -2.65. The monoisotopic (exact) mass is 272 g/mol. The van der Waals surface area contributed by atoms with Crippen molar-refractivity contribution in [3.05, 3.63) is 0 Å². The average Bonchev–Trinajstić information content (AvgIpc) is 2.30. The molecule has 0 aromatic rings. The Kier molecular flexibility index (Phi) is 5.76. The van der Waals surface area contributed by atoms with Crippen molar-refractivity contribution in [3.63, 3.8) is 0 Å². The number of nitrogens with zero attached hydrogens (tertiary/aromatic N) is 1. The SMILES string of the molecule is CC(C)CC1NC(=O)C(C(C)C)N(CCCF)C1=O. The summed E-state index contributed by atoms with van der Waals surface area (Å²) in [7, 11) is 0. The Morgan fingerprint density at radius 1 is 1.26 bits per heavy atom. The summed E-state index contributed by atoms with van der Waals surface area (Å²) in [5, 5.41) is 2.81. The number of hydrogen-bond acceptors (Lipinski definition) is 2. The highest BCUT2D eigenvalue weighted by Crippen LogP contribution is 2.20. The molecular formula is C14H25FN2O2. The van der Waals surface area contributed by atoms with Crippen LogP contribution in [-0.4, -0.2) is 42.0 Å². The van der Waals surface area contributed by atoms with Gasteiger partial charge >= 0.3 is 0 Å². The maximum Gasteiger partial charge on any atom is 0.245 e. The average molecular weight is 272 g/mol. The number of alkyl halides is 1. The van der Waals surface area contributed by atoms with Crippen LogP contribution >= 0.6 is 0 Å². The third-order valence-electron chi connectivity index (χ3n) is 3.37. The number of carbonyl (C=O) groups is 2. The zero-order valence-electron chi connectivity index (χ0n) is 12.3. The van der Waals surface area contributed by atoms with E-state index in [0.717, 1.165) is 0 Å². The fourth-order valence-corrected chi connectivity index (χ4v) is 2.57. The van der Waals surface area contributed by atoms with Gasteiger partial charge in [-0.2, -0.15) is 0 Å². The fourth-order valence-electron chi connectivity index (χ4n) is 2.57. The van der Waals surface area contributed by atoms with Crippen LogP contribution in [0.3, 0.4) is 0 Å². The number of amides is 2. The van der Waals surface area contributed by atoms with Crippen molar-refractivity contribution >= 4 is 11.8 Å². The zero-order valence-corrected chi connectivity index (χ0v) is 12.3. The molecular weight excluding hydrogens is 247 g/mol. The van der Waals surface area contributed by atoms with E-state index in [1.807, 2.05) is 27.7 Å². The Bertz CT molecular complexity index is 331. The molecule has 0 aromatic heterocycles. The summed E-state index contributed by atoms with van der Waals surface area (Å²) in [4.78, 5) is 26.1. The molecule has 1 N–H and O–H groups in total. The molecule has 1 aliphatic rings. The molecule has 4 nitrogen and oxygen atoms in total. The van der Waals surface area contributed by atoms with E-state index in [-0.39, 0.29) is 24.2 Å². The number of rotatable bonds is 6. The smallest absolute Gasteiger partial charge is 0.245 e. The second kappa shape index (κ2) is 6.87. The lowest BCUT2D eigenvalue weighted by atomic mass is 9.93. The number of hydrogen-bond donors (Lipinski definition) is 1. The Morgan fingerprint density at radius 3 is 2.37 bits per heavy atom. The van der Waals surface area contributed by atoms with E-state index in [4.69, 9.17) is 0 Å². The largest absolute Gasteiger partial charge is 0.342 e. The lowest BCUT2D eigenvalue weighted by molar-refractivity contribution is -0.151. The first kappa shape index (κ1) is 15.9. The van der Waals surface area contributed by atoms with Crippen molar-refractivity contribution in [2.45, 2.75) is 52.6 Å². The topological polar surface area (TPSA) is 49.4 Å². The molecule has 2 amide bonds. The molecule has 1 heterocycles. The Morgan fingerprint density at radius 2 is 1.89 bits per heavy atom. The van der Waals surface area contributed by atoms with Crippen LogP contribution in [0.5, 0.6) is 0 Å². The molecule has 1 saturated heterocycles. The van der Waals surface area contributed by atoms with Gasteiger partial charge in [-0.1, -0.05) is 27.7 Å². The first-order valence-corrected chi connectivity index (χ1v) is 7.05. The van der Waals surface area contributed by atoms with Crippen LogP contribution < -0.4 is 5.32 Å². The number of halogens is 1. The number of nitrogens with one attached hydrogen (secondary N) is 1. The van der Waals surface area contributed by atoms with E-state index in [9.17, 15) is 14.0 Å². The summed E-state index contributed by atoms with van der Waals surface area (Å²) in [6.07, 6.45) is 0.915. The molecule has 2 unspecified atom stereocenters. The van der Waals surface area contributed by atoms with E-state index in [0.29, 0.717) is 18.9 Å². The summed E-state index contributed by atoms with van der Waals surface area (Å²) in [6.45, 7) is 7.69. The molecule has 0 aliphatic carbocycles. The summed E-state index contributed by atoms with van der Waals surface area (Å²) in [5.41, 5.74) is 0. The van der Waals surface area contributed by atoms with Crippen LogP contribution in [0.1, 0.15) is 40.5 Å². The summed E-state index contributed by atoms with van der Waals surface area (Å²) in [6, 6.07) is -0.926. The normalized spacial score (nSPS) is 24.3. The summed E-state index contributed by atoms with van der Waals surface area (Å²) < 4.78 is 12.4. The molecule has 5 heteroatoms. The number of carbonyl (C=O) groups excluding carboxylic acids is 2. The Labute approximate surface area is 114 Å². The zero-order chi connectivity index (χ0) is 14.6. The molecule has 110 valence electrons. The molecule has 0 bridgehead atoms. The fraction of sp³-hybridized carbons (Fsp3) is 0.857. The minimum Gasteiger partial charge on any atom is -0.342 e. The molecule has 0 spiro atoms. The Hall–Kier alpha value is -1.13. The minimum atomic E-state index is -0.470. The van der Waals surface area contributed by atoms with Crippen molar-refractivity contribution < 1.29 is 14.0 Å². The molecule has 0 saturated carbocycles. The van der Waals surface area contributed by atoms with Crippen LogP contribution in [0.4, 0.5) is 4.39 Å². The molecule has 19 heavy (non-hydrogen) atoms. The minimum absolute atomic E-state index is 0.0311. The third-order valence-corrected chi connectivity index (χ3v) is 3.37. The van der Waals surface area contributed by atoms with Gasteiger partial charge in [0.1, 0.15) is 12.1 Å². The molecule has 0 aromatic carbocycles. The van der Waals surface area contributed by atoms with Crippen molar-refractivity contribution in [2.75, 3.05) is 13.2 Å². The highest BCUT2D eigenvalue weighted by molar-refractivity contribution is 5.97. The van der Waals surface area contributed by atoms with E-state index in [1.165, 1.54) is 0 Å². The summed E-state index contributed by atoms with van der Waals surface area (Å²) in [5.74, 6) is 0.177. The van der Waals surface area contributed by atoms with Gasteiger partial charge in [0.25, 0.3) is 0 Å². The van der Waals surface area contributed by atoms with Gasteiger partial charge in [-0.15, -0.1) is 0 Å². The van der Waals surface area contributed by atoms with E-state index in [1.54, 1.807) is 4.90 Å². The van der Waals surface area contributed by atoms with Gasteiger partial charge in [-0.05, 0) is 24.7 Å². The summed E-state index contributed by atoms with van der Waals surface area (Å²) >= 11 is 0. The van der Waals surface area contributed by atoms with Gasteiger partial charge in [0.2, 0.25) is 11.8 Å². The maximum atomic E-state index is 12.4. The molecule has 0 radical (unpaired) electrons. The first-order chi connectivity index (χ1) is 8.88. The number of piperazine rings is 1. The quantitative estimate of drug-likeness (QED) is 0.800. The van der Waals surface area contributed by atoms with Gasteiger partial charge in [-0.3, -0.25) is 14.0 Å². The van der Waals surface area contributed by atoms with Gasteiger partial charge < -0.3 is 10.2 Å². The van der Waals surface area contributed by atoms with Crippen molar-refractivity contribution in [3.8, 4) is 0 Å². The molecule has 1 rings (SSSR count). The predicted molar refractivity (Wildman–Crippen MR) is 72.3 cm³/mol. The van der Waals surface area contributed by atoms with Crippen LogP contribution in [0, 0.1) is 11.8 Å². The van der Waals surface area contributed by atoms with Gasteiger partial charge in [0.05, 0.1) is 6.67 Å². The van der Waals surface area contributed by atoms with Crippen LogP contribution in [0.2, 0.25) is 0 Å². The van der Waals surface area contributed by atoms with Crippen molar-refractivity contribution in [1.29, 1.82) is 0 Å². The highest BCUT2D eigenvalue weighted by Gasteiger charge is 2.41. The van der Waals surface area contributed by atoms with Crippen LogP contribution in [0.15, 0.2) is 0 Å². The van der Waals surface area contributed by atoms with Crippen LogP contribution in [0.25, 0.3) is 0 Å². The molecule has 1 fully saturated rings.